The molecule has 2 heterocycles. The molecule has 27 heavy (non-hydrogen) atoms. The van der Waals surface area contributed by atoms with Gasteiger partial charge in [0.1, 0.15) is 5.75 Å². The number of rotatable bonds is 4. The van der Waals surface area contributed by atoms with Crippen LogP contribution in [-0.4, -0.2) is 45.1 Å². The van der Waals surface area contributed by atoms with E-state index in [2.05, 4.69) is 4.98 Å². The van der Waals surface area contributed by atoms with Crippen molar-refractivity contribution in [1.82, 2.24) is 14.5 Å². The minimum Gasteiger partial charge on any atom is -0.507 e. The minimum absolute atomic E-state index is 0.0736. The molecule has 1 saturated heterocycles. The first kappa shape index (κ1) is 19.3. The summed E-state index contributed by atoms with van der Waals surface area (Å²) >= 11 is 0. The van der Waals surface area contributed by atoms with Gasteiger partial charge in [-0.3, -0.25) is 14.3 Å². The lowest BCUT2D eigenvalue weighted by Crippen LogP contribution is -2.32. The number of hydrogen-bond acceptors (Lipinski definition) is 4. The summed E-state index contributed by atoms with van der Waals surface area (Å²) in [6.45, 7) is 0.139. The molecular formula is C17H16F5N3O2. The highest BCUT2D eigenvalue weighted by Gasteiger charge is 2.37. The largest absolute Gasteiger partial charge is 0.507 e. The summed E-state index contributed by atoms with van der Waals surface area (Å²) in [4.78, 5) is 18.0. The van der Waals surface area contributed by atoms with Crippen LogP contribution in [0.25, 0.3) is 11.1 Å². The van der Waals surface area contributed by atoms with Crippen LogP contribution in [0.5, 0.6) is 5.75 Å². The van der Waals surface area contributed by atoms with Gasteiger partial charge in [-0.2, -0.15) is 13.2 Å². The molecule has 5 nitrogen and oxygen atoms in total. The maximum absolute atomic E-state index is 13.2. The first-order chi connectivity index (χ1) is 12.6. The number of halogens is 5. The van der Waals surface area contributed by atoms with E-state index < -0.39 is 29.0 Å². The molecule has 1 fully saturated rings. The number of aromatic hydroxyl groups is 1. The van der Waals surface area contributed by atoms with Crippen LogP contribution in [0.3, 0.4) is 0 Å². The molecule has 0 unspecified atom stereocenters. The normalized spacial score (nSPS) is 17.4. The van der Waals surface area contributed by atoms with Crippen molar-refractivity contribution in [3.8, 4) is 16.9 Å². The fourth-order valence-electron chi connectivity index (χ4n) is 2.98. The monoisotopic (exact) mass is 389 g/mol. The number of aromatic nitrogens is 2. The van der Waals surface area contributed by atoms with E-state index in [1.165, 1.54) is 15.8 Å². The molecule has 146 valence electrons. The van der Waals surface area contributed by atoms with Gasteiger partial charge in [0.05, 0.1) is 24.0 Å². The number of benzene rings is 1. The predicted molar refractivity (Wildman–Crippen MR) is 86.6 cm³/mol. The molecule has 0 aliphatic carbocycles. The van der Waals surface area contributed by atoms with Crippen LogP contribution in [0, 0.1) is 0 Å². The first-order valence-electron chi connectivity index (χ1n) is 8.12. The summed E-state index contributed by atoms with van der Waals surface area (Å²) in [5.74, 6) is -3.43. The number of alkyl halides is 5. The molecule has 0 radical (unpaired) electrons. The lowest BCUT2D eigenvalue weighted by atomic mass is 10.0. The number of hydrogen-bond donors (Lipinski definition) is 1. The molecule has 1 aromatic heterocycles. The standard InChI is InChI=1S/C17H16F5N3O2/c18-16(19)3-4-24(9-16)5-6-25-10-23-8-13(15(25)27)12-2-1-11(7-14(12)26)17(20,21)22/h1-2,7-8,10,26H,3-6,9H2. The van der Waals surface area contributed by atoms with Gasteiger partial charge in [0.2, 0.25) is 0 Å². The summed E-state index contributed by atoms with van der Waals surface area (Å²) in [7, 11) is 0. The molecule has 1 aliphatic heterocycles. The topological polar surface area (TPSA) is 58.4 Å². The molecule has 1 N–H and O–H groups in total. The molecule has 3 rings (SSSR count). The van der Waals surface area contributed by atoms with Crippen molar-refractivity contribution in [3.63, 3.8) is 0 Å². The van der Waals surface area contributed by atoms with E-state index in [1.807, 2.05) is 0 Å². The average Bonchev–Trinajstić information content (AvgIpc) is 2.92. The molecule has 10 heteroatoms. The van der Waals surface area contributed by atoms with E-state index in [4.69, 9.17) is 0 Å². The molecule has 0 saturated carbocycles. The highest BCUT2D eigenvalue weighted by molar-refractivity contribution is 5.69. The Balaban J connectivity index is 1.82. The fourth-order valence-corrected chi connectivity index (χ4v) is 2.98. The van der Waals surface area contributed by atoms with E-state index in [0.29, 0.717) is 6.07 Å². The lowest BCUT2D eigenvalue weighted by molar-refractivity contribution is -0.137. The van der Waals surface area contributed by atoms with Gasteiger partial charge < -0.3 is 5.11 Å². The van der Waals surface area contributed by atoms with Gasteiger partial charge in [0.25, 0.3) is 11.5 Å². The SMILES string of the molecule is O=c1c(-c2ccc(C(F)(F)F)cc2O)cncn1CCN1CCC(F)(F)C1. The summed E-state index contributed by atoms with van der Waals surface area (Å²) in [5, 5.41) is 9.92. The highest BCUT2D eigenvalue weighted by atomic mass is 19.4. The number of phenols is 1. The van der Waals surface area contributed by atoms with Crippen molar-refractivity contribution in [3.05, 3.63) is 46.6 Å². The third kappa shape index (κ3) is 4.26. The van der Waals surface area contributed by atoms with E-state index in [-0.39, 0.29) is 43.7 Å². The molecule has 0 bridgehead atoms. The van der Waals surface area contributed by atoms with Crippen molar-refractivity contribution < 1.29 is 27.1 Å². The highest BCUT2D eigenvalue weighted by Crippen LogP contribution is 2.35. The molecule has 0 atom stereocenters. The number of likely N-dealkylation sites (tertiary alicyclic amines) is 1. The predicted octanol–water partition coefficient (Wildman–Crippen LogP) is 2.98. The van der Waals surface area contributed by atoms with Crippen LogP contribution < -0.4 is 5.56 Å². The van der Waals surface area contributed by atoms with Gasteiger partial charge >= 0.3 is 6.18 Å². The van der Waals surface area contributed by atoms with Crippen LogP contribution in [0.4, 0.5) is 22.0 Å². The van der Waals surface area contributed by atoms with Crippen LogP contribution in [0.1, 0.15) is 12.0 Å². The summed E-state index contributed by atoms with van der Waals surface area (Å²) < 4.78 is 65.7. The van der Waals surface area contributed by atoms with Crippen molar-refractivity contribution in [2.45, 2.75) is 25.1 Å². The second-order valence-corrected chi connectivity index (χ2v) is 6.42. The Kier molecular flexibility index (Phi) is 4.94. The van der Waals surface area contributed by atoms with E-state index >= 15 is 0 Å². The zero-order valence-electron chi connectivity index (χ0n) is 14.0. The van der Waals surface area contributed by atoms with Crippen LogP contribution in [-0.2, 0) is 12.7 Å². The average molecular weight is 389 g/mol. The number of nitrogens with zero attached hydrogens (tertiary/aromatic N) is 3. The van der Waals surface area contributed by atoms with Gasteiger partial charge in [-0.1, -0.05) is 0 Å². The van der Waals surface area contributed by atoms with E-state index in [9.17, 15) is 31.9 Å². The molecular weight excluding hydrogens is 373 g/mol. The third-order valence-corrected chi connectivity index (χ3v) is 4.42. The van der Waals surface area contributed by atoms with Crippen molar-refractivity contribution >= 4 is 0 Å². The summed E-state index contributed by atoms with van der Waals surface area (Å²) in [5.41, 5.74) is -1.77. The molecule has 1 aromatic carbocycles. The second-order valence-electron chi connectivity index (χ2n) is 6.42. The van der Waals surface area contributed by atoms with Crippen LogP contribution in [0.15, 0.2) is 35.5 Å². The maximum Gasteiger partial charge on any atom is 0.416 e. The minimum atomic E-state index is -4.62. The Morgan fingerprint density at radius 1 is 1.19 bits per heavy atom. The van der Waals surface area contributed by atoms with Crippen molar-refractivity contribution in [2.24, 2.45) is 0 Å². The quantitative estimate of drug-likeness (QED) is 0.817. The molecule has 0 amide bonds. The number of phenolic OH excluding ortho intramolecular Hbond substituents is 1. The van der Waals surface area contributed by atoms with Gasteiger partial charge in [-0.05, 0) is 18.2 Å². The summed E-state index contributed by atoms with van der Waals surface area (Å²) in [6.07, 6.45) is -2.49. The Bertz CT molecular complexity index is 895. The Hall–Kier alpha value is -2.49. The Morgan fingerprint density at radius 3 is 2.52 bits per heavy atom. The van der Waals surface area contributed by atoms with Crippen LogP contribution in [0.2, 0.25) is 0 Å². The van der Waals surface area contributed by atoms with E-state index in [0.717, 1.165) is 18.3 Å². The van der Waals surface area contributed by atoms with Crippen molar-refractivity contribution in [2.75, 3.05) is 19.6 Å². The third-order valence-electron chi connectivity index (χ3n) is 4.42. The molecule has 0 spiro atoms. The van der Waals surface area contributed by atoms with Gasteiger partial charge in [-0.15, -0.1) is 0 Å². The zero-order valence-corrected chi connectivity index (χ0v) is 14.0. The maximum atomic E-state index is 13.2. The Morgan fingerprint density at radius 2 is 1.93 bits per heavy atom. The van der Waals surface area contributed by atoms with Gasteiger partial charge in [-0.25, -0.2) is 13.8 Å². The second kappa shape index (κ2) is 6.91. The lowest BCUT2D eigenvalue weighted by Gasteiger charge is -2.16. The Labute approximate surface area is 150 Å². The summed E-state index contributed by atoms with van der Waals surface area (Å²) in [6, 6.07) is 2.30. The van der Waals surface area contributed by atoms with E-state index in [1.54, 1.807) is 0 Å². The van der Waals surface area contributed by atoms with Gasteiger partial charge in [0.15, 0.2) is 0 Å². The smallest absolute Gasteiger partial charge is 0.416 e. The van der Waals surface area contributed by atoms with Crippen molar-refractivity contribution in [1.29, 1.82) is 0 Å². The fraction of sp³-hybridized carbons (Fsp3) is 0.412. The van der Waals surface area contributed by atoms with Gasteiger partial charge in [0, 0.05) is 37.8 Å². The van der Waals surface area contributed by atoms with Crippen LogP contribution >= 0.6 is 0 Å². The molecule has 1 aliphatic rings. The zero-order chi connectivity index (χ0) is 19.8. The first-order valence-corrected chi connectivity index (χ1v) is 8.12. The molecule has 2 aromatic rings.